The van der Waals surface area contributed by atoms with Gasteiger partial charge in [-0.15, -0.1) is 0 Å². The van der Waals surface area contributed by atoms with Gasteiger partial charge in [0.05, 0.1) is 12.7 Å². The summed E-state index contributed by atoms with van der Waals surface area (Å²) < 4.78 is 2.06. The fourth-order valence-electron chi connectivity index (χ4n) is 2.43. The summed E-state index contributed by atoms with van der Waals surface area (Å²) in [5, 5.41) is 8.95. The molecule has 0 bridgehead atoms. The van der Waals surface area contributed by atoms with Crippen molar-refractivity contribution in [2.45, 2.75) is 44.6 Å². The Morgan fingerprint density at radius 2 is 2.40 bits per heavy atom. The fourth-order valence-corrected chi connectivity index (χ4v) is 2.43. The first kappa shape index (κ1) is 10.2. The van der Waals surface area contributed by atoms with Crippen molar-refractivity contribution in [2.75, 3.05) is 0 Å². The van der Waals surface area contributed by atoms with Gasteiger partial charge in [0.2, 0.25) is 0 Å². The van der Waals surface area contributed by atoms with Crippen LogP contribution in [0, 0.1) is 0 Å². The average Bonchev–Trinajstić information content (AvgIpc) is 2.58. The second-order valence-electron chi connectivity index (χ2n) is 4.27. The Morgan fingerprint density at radius 3 is 2.87 bits per heavy atom. The van der Waals surface area contributed by atoms with Gasteiger partial charge < -0.3 is 9.67 Å². The van der Waals surface area contributed by atoms with Gasteiger partial charge in [0, 0.05) is 23.9 Å². The van der Waals surface area contributed by atoms with Crippen molar-refractivity contribution in [1.29, 1.82) is 0 Å². The smallest absolute Gasteiger partial charge is 0.304 e. The van der Waals surface area contributed by atoms with E-state index in [0.717, 1.165) is 31.5 Å². The molecule has 82 valence electrons. The Kier molecular flexibility index (Phi) is 2.50. The highest BCUT2D eigenvalue weighted by atomic mass is 16.4. The molecular formula is C11H16N2O2. The van der Waals surface area contributed by atoms with Crippen LogP contribution in [0.15, 0.2) is 12.5 Å². The number of rotatable bonds is 4. The number of nitrogens with zero attached hydrogens (tertiary/aromatic N) is 2. The zero-order valence-electron chi connectivity index (χ0n) is 8.94. The number of hydrogen-bond acceptors (Lipinski definition) is 2. The second kappa shape index (κ2) is 3.68. The first-order chi connectivity index (χ1) is 7.18. The van der Waals surface area contributed by atoms with Gasteiger partial charge in [-0.2, -0.15) is 0 Å². The summed E-state index contributed by atoms with van der Waals surface area (Å²) in [6, 6.07) is 0. The zero-order chi connectivity index (χ0) is 10.9. The fraction of sp³-hybridized carbons (Fsp3) is 0.636. The lowest BCUT2D eigenvalue weighted by atomic mass is 9.64. The molecule has 0 unspecified atom stereocenters. The molecule has 0 aromatic carbocycles. The van der Waals surface area contributed by atoms with Crippen molar-refractivity contribution >= 4 is 5.97 Å². The van der Waals surface area contributed by atoms with Crippen molar-refractivity contribution < 1.29 is 9.90 Å². The quantitative estimate of drug-likeness (QED) is 0.820. The first-order valence-corrected chi connectivity index (χ1v) is 5.40. The van der Waals surface area contributed by atoms with Crippen LogP contribution in [-0.2, 0) is 16.8 Å². The third kappa shape index (κ3) is 1.64. The third-order valence-corrected chi connectivity index (χ3v) is 3.40. The number of carboxylic acid groups (broad SMARTS) is 1. The van der Waals surface area contributed by atoms with Gasteiger partial charge in [0.15, 0.2) is 0 Å². The molecule has 4 heteroatoms. The van der Waals surface area contributed by atoms with Gasteiger partial charge in [-0.1, -0.05) is 6.42 Å². The van der Waals surface area contributed by atoms with Crippen LogP contribution in [0.1, 0.15) is 38.3 Å². The summed E-state index contributed by atoms with van der Waals surface area (Å²) in [6.07, 6.45) is 6.93. The first-order valence-electron chi connectivity index (χ1n) is 5.40. The van der Waals surface area contributed by atoms with Crippen LogP contribution >= 0.6 is 0 Å². The van der Waals surface area contributed by atoms with Gasteiger partial charge >= 0.3 is 5.97 Å². The Balaban J connectivity index is 2.29. The van der Waals surface area contributed by atoms with Crippen LogP contribution < -0.4 is 0 Å². The molecule has 4 nitrogen and oxygen atoms in total. The molecule has 1 heterocycles. The highest BCUT2D eigenvalue weighted by molar-refractivity contribution is 5.69. The Bertz CT molecular complexity index is 366. The van der Waals surface area contributed by atoms with Crippen LogP contribution in [0.3, 0.4) is 0 Å². The summed E-state index contributed by atoms with van der Waals surface area (Å²) in [7, 11) is 0. The van der Waals surface area contributed by atoms with Crippen molar-refractivity contribution in [3.8, 4) is 0 Å². The van der Waals surface area contributed by atoms with Crippen molar-refractivity contribution in [3.05, 3.63) is 18.2 Å². The van der Waals surface area contributed by atoms with Gasteiger partial charge in [0.25, 0.3) is 0 Å². The molecule has 1 fully saturated rings. The van der Waals surface area contributed by atoms with E-state index in [1.165, 1.54) is 0 Å². The summed E-state index contributed by atoms with van der Waals surface area (Å²) in [5.74, 6) is -0.710. The van der Waals surface area contributed by atoms with E-state index >= 15 is 0 Å². The summed E-state index contributed by atoms with van der Waals surface area (Å²) >= 11 is 0. The van der Waals surface area contributed by atoms with Crippen molar-refractivity contribution in [3.63, 3.8) is 0 Å². The van der Waals surface area contributed by atoms with E-state index in [-0.39, 0.29) is 11.8 Å². The number of aryl methyl sites for hydroxylation is 1. The molecule has 0 aliphatic heterocycles. The number of carboxylic acids is 1. The molecular weight excluding hydrogens is 192 g/mol. The molecule has 15 heavy (non-hydrogen) atoms. The number of hydrogen-bond donors (Lipinski definition) is 1. The minimum Gasteiger partial charge on any atom is -0.481 e. The van der Waals surface area contributed by atoms with Gasteiger partial charge in [0.1, 0.15) is 0 Å². The lowest BCUT2D eigenvalue weighted by Gasteiger charge is -2.41. The molecule has 1 aromatic rings. The monoisotopic (exact) mass is 208 g/mol. The average molecular weight is 208 g/mol. The standard InChI is InChI=1S/C11H16N2O2/c1-2-13-8-12-7-9(13)11(4-3-5-11)6-10(14)15/h7-8H,2-6H2,1H3,(H,14,15). The molecule has 0 radical (unpaired) electrons. The van der Waals surface area contributed by atoms with Gasteiger partial charge in [-0.05, 0) is 19.8 Å². The summed E-state index contributed by atoms with van der Waals surface area (Å²) in [6.45, 7) is 2.91. The molecule has 1 saturated carbocycles. The molecule has 1 aliphatic rings. The highest BCUT2D eigenvalue weighted by Gasteiger charge is 2.42. The van der Waals surface area contributed by atoms with E-state index in [4.69, 9.17) is 5.11 Å². The predicted molar refractivity (Wildman–Crippen MR) is 55.7 cm³/mol. The third-order valence-electron chi connectivity index (χ3n) is 3.40. The van der Waals surface area contributed by atoms with E-state index in [2.05, 4.69) is 16.5 Å². The maximum Gasteiger partial charge on any atom is 0.304 e. The van der Waals surface area contributed by atoms with E-state index in [1.54, 1.807) is 6.33 Å². The van der Waals surface area contributed by atoms with E-state index in [0.29, 0.717) is 0 Å². The molecule has 2 rings (SSSR count). The lowest BCUT2D eigenvalue weighted by molar-refractivity contribution is -0.139. The van der Waals surface area contributed by atoms with Crippen molar-refractivity contribution in [2.24, 2.45) is 0 Å². The number of carbonyl (C=O) groups is 1. The topological polar surface area (TPSA) is 55.1 Å². The zero-order valence-corrected chi connectivity index (χ0v) is 8.94. The summed E-state index contributed by atoms with van der Waals surface area (Å²) in [4.78, 5) is 15.0. The molecule has 1 N–H and O–H groups in total. The van der Waals surface area contributed by atoms with Crippen LogP contribution in [0.5, 0.6) is 0 Å². The molecule has 0 atom stereocenters. The van der Waals surface area contributed by atoms with Gasteiger partial charge in [-0.25, -0.2) is 4.98 Å². The summed E-state index contributed by atoms with van der Waals surface area (Å²) in [5.41, 5.74) is 0.955. The molecule has 0 saturated heterocycles. The van der Waals surface area contributed by atoms with Gasteiger partial charge in [-0.3, -0.25) is 4.79 Å². The van der Waals surface area contributed by atoms with E-state index in [9.17, 15) is 4.79 Å². The number of imidazole rings is 1. The normalized spacial score (nSPS) is 18.5. The Morgan fingerprint density at radius 1 is 1.67 bits per heavy atom. The minimum atomic E-state index is -0.710. The highest BCUT2D eigenvalue weighted by Crippen LogP contribution is 2.46. The predicted octanol–water partition coefficient (Wildman–Crippen LogP) is 1.80. The maximum atomic E-state index is 10.9. The Labute approximate surface area is 88.9 Å². The second-order valence-corrected chi connectivity index (χ2v) is 4.27. The molecule has 1 aliphatic carbocycles. The largest absolute Gasteiger partial charge is 0.481 e. The van der Waals surface area contributed by atoms with E-state index < -0.39 is 5.97 Å². The molecule has 0 spiro atoms. The van der Waals surface area contributed by atoms with Crippen molar-refractivity contribution in [1.82, 2.24) is 9.55 Å². The lowest BCUT2D eigenvalue weighted by Crippen LogP contribution is -2.38. The number of aliphatic carboxylic acids is 1. The Hall–Kier alpha value is -1.32. The van der Waals surface area contributed by atoms with Crippen LogP contribution in [0.4, 0.5) is 0 Å². The SMILES string of the molecule is CCn1cncc1C1(CC(=O)O)CCC1. The maximum absolute atomic E-state index is 10.9. The van der Waals surface area contributed by atoms with Crippen LogP contribution in [-0.4, -0.2) is 20.6 Å². The molecule has 1 aromatic heterocycles. The number of aromatic nitrogens is 2. The van der Waals surface area contributed by atoms with E-state index in [1.807, 2.05) is 6.20 Å². The van der Waals surface area contributed by atoms with Crippen LogP contribution in [0.2, 0.25) is 0 Å². The molecule has 0 amide bonds. The van der Waals surface area contributed by atoms with Crippen LogP contribution in [0.25, 0.3) is 0 Å². The minimum absolute atomic E-state index is 0.141.